The first-order chi connectivity index (χ1) is 20.0. The molecule has 0 bridgehead atoms. The molecule has 0 aliphatic carbocycles. The maximum Gasteiger partial charge on any atom is 0.0434 e. The van der Waals surface area contributed by atoms with Crippen LogP contribution in [0.3, 0.4) is 0 Å². The van der Waals surface area contributed by atoms with Gasteiger partial charge in [-0.25, -0.2) is 0 Å². The predicted molar refractivity (Wildman–Crippen MR) is 175 cm³/mol. The lowest BCUT2D eigenvalue weighted by Gasteiger charge is -2.20. The predicted octanol–water partition coefficient (Wildman–Crippen LogP) is 10.8. The van der Waals surface area contributed by atoms with Crippen LogP contribution in [0.5, 0.6) is 0 Å². The van der Waals surface area contributed by atoms with Crippen LogP contribution in [0, 0.1) is 0 Å². The van der Waals surface area contributed by atoms with Gasteiger partial charge in [-0.3, -0.25) is 9.97 Å². The highest BCUT2D eigenvalue weighted by molar-refractivity contribution is 7.26. The molecule has 3 aromatic heterocycles. The van der Waals surface area contributed by atoms with Crippen molar-refractivity contribution in [2.24, 2.45) is 0 Å². The Morgan fingerprint density at radius 3 is 1.54 bits per heavy atom. The Labute approximate surface area is 245 Å². The first-order valence-corrected chi connectivity index (χ1v) is 14.8. The average Bonchev–Trinajstić information content (AvgIpc) is 3.40. The largest absolute Gasteiger partial charge is 0.264 e. The quantitative estimate of drug-likeness (QED) is 0.219. The van der Waals surface area contributed by atoms with Gasteiger partial charge in [0.1, 0.15) is 0 Å². The van der Waals surface area contributed by atoms with E-state index >= 15 is 0 Å². The van der Waals surface area contributed by atoms with Crippen molar-refractivity contribution < 1.29 is 0 Å². The second kappa shape index (κ2) is 10.1. The summed E-state index contributed by atoms with van der Waals surface area (Å²) in [5.74, 6) is 0. The summed E-state index contributed by atoms with van der Waals surface area (Å²) >= 11 is 1.90. The van der Waals surface area contributed by atoms with Gasteiger partial charge in [-0.1, -0.05) is 93.6 Å². The fourth-order valence-electron chi connectivity index (χ4n) is 5.61. The van der Waals surface area contributed by atoms with Crippen molar-refractivity contribution in [3.05, 3.63) is 133 Å². The molecule has 0 fully saturated rings. The summed E-state index contributed by atoms with van der Waals surface area (Å²) < 4.78 is 2.64. The summed E-state index contributed by atoms with van der Waals surface area (Å²) in [7, 11) is 0. The molecule has 4 aromatic carbocycles. The van der Waals surface area contributed by atoms with E-state index < -0.39 is 0 Å². The number of hydrogen-bond acceptors (Lipinski definition) is 3. The Bertz CT molecular complexity index is 1960. The van der Waals surface area contributed by atoms with Gasteiger partial charge < -0.3 is 0 Å². The summed E-state index contributed by atoms with van der Waals surface area (Å²) in [5.41, 5.74) is 10.9. The molecule has 0 aliphatic rings. The molecular weight excluding hydrogens is 516 g/mol. The molecule has 0 aliphatic heterocycles. The van der Waals surface area contributed by atoms with Crippen molar-refractivity contribution in [2.75, 3.05) is 0 Å². The number of nitrogens with zero attached hydrogens (tertiary/aromatic N) is 2. The van der Waals surface area contributed by atoms with Crippen LogP contribution in [0.2, 0.25) is 0 Å². The zero-order valence-corrected chi connectivity index (χ0v) is 24.2. The number of fused-ring (bicyclic) bond motifs is 3. The van der Waals surface area contributed by atoms with E-state index in [1.807, 2.05) is 48.3 Å². The molecule has 0 amide bonds. The van der Waals surface area contributed by atoms with Crippen LogP contribution in [-0.2, 0) is 5.41 Å². The van der Waals surface area contributed by atoms with E-state index in [9.17, 15) is 0 Å². The smallest absolute Gasteiger partial charge is 0.0434 e. The lowest BCUT2D eigenvalue weighted by atomic mass is 9.85. The van der Waals surface area contributed by atoms with Crippen molar-refractivity contribution in [2.45, 2.75) is 26.2 Å². The van der Waals surface area contributed by atoms with Crippen molar-refractivity contribution in [1.82, 2.24) is 9.97 Å². The standard InChI is InChI=1S/C38H30N2S/c1-38(2,3)31-12-4-9-25(22-31)32-13-5-15-34-35-16-6-14-33(37(35)41-36(32)34)30-20-28(26-10-7-17-39-23-26)19-29(21-30)27-11-8-18-40-24-27/h4-24H,1-3H3. The molecule has 0 atom stereocenters. The molecular formula is C38H30N2S. The number of thiophene rings is 1. The van der Waals surface area contributed by atoms with Gasteiger partial charge in [0.2, 0.25) is 0 Å². The molecule has 41 heavy (non-hydrogen) atoms. The molecule has 0 unspecified atom stereocenters. The van der Waals surface area contributed by atoms with Crippen molar-refractivity contribution in [3.63, 3.8) is 0 Å². The van der Waals surface area contributed by atoms with Crippen molar-refractivity contribution in [3.8, 4) is 44.5 Å². The molecule has 0 saturated heterocycles. The van der Waals surface area contributed by atoms with Gasteiger partial charge in [-0.15, -0.1) is 11.3 Å². The Balaban J connectivity index is 1.45. The maximum atomic E-state index is 4.39. The Morgan fingerprint density at radius 2 is 1.00 bits per heavy atom. The van der Waals surface area contributed by atoms with Crippen molar-refractivity contribution in [1.29, 1.82) is 0 Å². The van der Waals surface area contributed by atoms with Crippen LogP contribution in [0.4, 0.5) is 0 Å². The molecule has 2 nitrogen and oxygen atoms in total. The minimum absolute atomic E-state index is 0.0997. The van der Waals surface area contributed by atoms with Crippen LogP contribution in [0.1, 0.15) is 26.3 Å². The zero-order valence-electron chi connectivity index (χ0n) is 23.4. The highest BCUT2D eigenvalue weighted by Gasteiger charge is 2.18. The van der Waals surface area contributed by atoms with Crippen LogP contribution in [-0.4, -0.2) is 9.97 Å². The van der Waals surface area contributed by atoms with E-state index in [0.29, 0.717) is 0 Å². The fraction of sp³-hybridized carbons (Fsp3) is 0.105. The fourth-order valence-corrected chi connectivity index (χ4v) is 6.98. The monoisotopic (exact) mass is 546 g/mol. The summed E-state index contributed by atoms with van der Waals surface area (Å²) in [6, 6.07) is 37.5. The van der Waals surface area contributed by atoms with E-state index in [0.717, 1.165) is 22.3 Å². The third-order valence-electron chi connectivity index (χ3n) is 7.80. The molecule has 7 aromatic rings. The second-order valence-electron chi connectivity index (χ2n) is 11.6. The lowest BCUT2D eigenvalue weighted by molar-refractivity contribution is 0.590. The van der Waals surface area contributed by atoms with Gasteiger partial charge in [-0.2, -0.15) is 0 Å². The summed E-state index contributed by atoms with van der Waals surface area (Å²) in [5, 5.41) is 2.60. The Hall–Kier alpha value is -4.60. The number of hydrogen-bond donors (Lipinski definition) is 0. The van der Waals surface area contributed by atoms with Gasteiger partial charge in [0.05, 0.1) is 0 Å². The summed E-state index contributed by atoms with van der Waals surface area (Å²) in [6.07, 6.45) is 7.51. The number of pyridine rings is 2. The number of rotatable bonds is 4. The molecule has 7 rings (SSSR count). The number of aromatic nitrogens is 2. The Morgan fingerprint density at radius 1 is 0.488 bits per heavy atom. The molecule has 3 heterocycles. The van der Waals surface area contributed by atoms with Gasteiger partial charge >= 0.3 is 0 Å². The minimum Gasteiger partial charge on any atom is -0.264 e. The molecule has 0 spiro atoms. The summed E-state index contributed by atoms with van der Waals surface area (Å²) in [6.45, 7) is 6.83. The molecule has 3 heteroatoms. The Kier molecular flexibility index (Phi) is 6.25. The number of benzene rings is 4. The van der Waals surface area contributed by atoms with E-state index in [4.69, 9.17) is 0 Å². The first kappa shape index (κ1) is 25.4. The SMILES string of the molecule is CC(C)(C)c1cccc(-c2cccc3c2sc2c(-c4cc(-c5cccnc5)cc(-c5cccnc5)c4)cccc23)c1. The van der Waals surface area contributed by atoms with Gasteiger partial charge in [0.15, 0.2) is 0 Å². The van der Waals surface area contributed by atoms with E-state index in [1.165, 1.54) is 48.0 Å². The topological polar surface area (TPSA) is 25.8 Å². The third-order valence-corrected chi connectivity index (χ3v) is 9.09. The van der Waals surface area contributed by atoms with Crippen molar-refractivity contribution >= 4 is 31.5 Å². The zero-order chi connectivity index (χ0) is 28.0. The van der Waals surface area contributed by atoms with Gasteiger partial charge in [0.25, 0.3) is 0 Å². The van der Waals surface area contributed by atoms with Gasteiger partial charge in [-0.05, 0) is 74.7 Å². The average molecular weight is 547 g/mol. The summed E-state index contributed by atoms with van der Waals surface area (Å²) in [4.78, 5) is 8.79. The van der Waals surface area contributed by atoms with Crippen LogP contribution in [0.15, 0.2) is 128 Å². The van der Waals surface area contributed by atoms with E-state index in [-0.39, 0.29) is 5.41 Å². The minimum atomic E-state index is 0.0997. The second-order valence-corrected chi connectivity index (χ2v) is 12.6. The highest BCUT2D eigenvalue weighted by Crippen LogP contribution is 2.45. The highest BCUT2D eigenvalue weighted by atomic mass is 32.1. The van der Waals surface area contributed by atoms with Gasteiger partial charge in [0, 0.05) is 56.1 Å². The molecule has 0 radical (unpaired) electrons. The molecule has 0 saturated carbocycles. The maximum absolute atomic E-state index is 4.39. The normalized spacial score (nSPS) is 11.8. The molecule has 0 N–H and O–H groups in total. The lowest BCUT2D eigenvalue weighted by Crippen LogP contribution is -2.10. The third kappa shape index (κ3) is 4.73. The van der Waals surface area contributed by atoms with Crippen LogP contribution >= 0.6 is 11.3 Å². The van der Waals surface area contributed by atoms with E-state index in [2.05, 4.69) is 122 Å². The van der Waals surface area contributed by atoms with Crippen LogP contribution < -0.4 is 0 Å². The van der Waals surface area contributed by atoms with E-state index in [1.54, 1.807) is 0 Å². The molecule has 198 valence electrons. The first-order valence-electron chi connectivity index (χ1n) is 14.0. The van der Waals surface area contributed by atoms with Crippen LogP contribution in [0.25, 0.3) is 64.7 Å².